The van der Waals surface area contributed by atoms with E-state index in [-0.39, 0.29) is 6.04 Å². The van der Waals surface area contributed by atoms with Crippen molar-refractivity contribution < 1.29 is 0 Å². The van der Waals surface area contributed by atoms with Gasteiger partial charge in [0.15, 0.2) is 0 Å². The van der Waals surface area contributed by atoms with Crippen LogP contribution in [0, 0.1) is 0 Å². The van der Waals surface area contributed by atoms with Crippen molar-refractivity contribution >= 4 is 11.6 Å². The first-order valence-corrected chi connectivity index (χ1v) is 5.92. The Kier molecular flexibility index (Phi) is 3.74. The summed E-state index contributed by atoms with van der Waals surface area (Å²) in [4.78, 5) is 13.3. The molecule has 1 saturated heterocycles. The van der Waals surface area contributed by atoms with Crippen LogP contribution in [0.15, 0.2) is 12.3 Å². The fourth-order valence-electron chi connectivity index (χ4n) is 2.06. The average Bonchev–Trinajstić information content (AvgIpc) is 2.41. The maximum Gasteiger partial charge on any atom is 0.148 e. The predicted octanol–water partition coefficient (Wildman–Crippen LogP) is 1.44. The van der Waals surface area contributed by atoms with Crippen LogP contribution in [0.1, 0.15) is 18.3 Å². The summed E-state index contributed by atoms with van der Waals surface area (Å²) in [6, 6.07) is 1.96. The molecule has 0 bridgehead atoms. The summed E-state index contributed by atoms with van der Waals surface area (Å²) in [7, 11) is 4.25. The smallest absolute Gasteiger partial charge is 0.148 e. The van der Waals surface area contributed by atoms with Gasteiger partial charge in [-0.2, -0.15) is 0 Å². The van der Waals surface area contributed by atoms with Crippen molar-refractivity contribution in [3.63, 3.8) is 0 Å². The van der Waals surface area contributed by atoms with Gasteiger partial charge in [0.2, 0.25) is 0 Å². The van der Waals surface area contributed by atoms with E-state index in [1.54, 1.807) is 12.3 Å². The molecule has 5 heteroatoms. The normalized spacial score (nSPS) is 24.3. The highest BCUT2D eigenvalue weighted by atomic mass is 35.5. The largest absolute Gasteiger partial charge is 0.304 e. The van der Waals surface area contributed by atoms with Gasteiger partial charge in [0.05, 0.1) is 6.04 Å². The standard InChI is InChI=1S/C11H17ClN4/c1-15-6-3-7-16(2)9(8-15)11-13-5-4-10(12)14-11/h4-5,9H,3,6-8H2,1-2H3. The number of nitrogens with zero attached hydrogens (tertiary/aromatic N) is 4. The first-order valence-electron chi connectivity index (χ1n) is 5.54. The highest BCUT2D eigenvalue weighted by Crippen LogP contribution is 2.20. The lowest BCUT2D eigenvalue weighted by Crippen LogP contribution is -2.31. The van der Waals surface area contributed by atoms with Gasteiger partial charge in [0.1, 0.15) is 11.0 Å². The van der Waals surface area contributed by atoms with E-state index < -0.39 is 0 Å². The molecule has 88 valence electrons. The predicted molar refractivity (Wildman–Crippen MR) is 64.5 cm³/mol. The molecule has 1 unspecified atom stereocenters. The zero-order valence-corrected chi connectivity index (χ0v) is 10.5. The molecule has 16 heavy (non-hydrogen) atoms. The Labute approximate surface area is 101 Å². The van der Waals surface area contributed by atoms with Crippen LogP contribution in [0.2, 0.25) is 5.15 Å². The SMILES string of the molecule is CN1CCCN(C)C(c2nccc(Cl)n2)C1. The number of rotatable bonds is 1. The third kappa shape index (κ3) is 2.70. The van der Waals surface area contributed by atoms with Gasteiger partial charge in [-0.15, -0.1) is 0 Å². The summed E-state index contributed by atoms with van der Waals surface area (Å²) in [5.41, 5.74) is 0. The van der Waals surface area contributed by atoms with Crippen LogP contribution in [0.4, 0.5) is 0 Å². The zero-order chi connectivity index (χ0) is 11.5. The molecule has 2 rings (SSSR count). The topological polar surface area (TPSA) is 32.3 Å². The van der Waals surface area contributed by atoms with E-state index in [4.69, 9.17) is 11.6 Å². The Bertz CT molecular complexity index is 358. The van der Waals surface area contributed by atoms with E-state index in [1.807, 2.05) is 0 Å². The monoisotopic (exact) mass is 240 g/mol. The van der Waals surface area contributed by atoms with E-state index in [0.29, 0.717) is 5.15 Å². The molecule has 2 heterocycles. The Balaban J connectivity index is 2.22. The quantitative estimate of drug-likeness (QED) is 0.696. The van der Waals surface area contributed by atoms with Gasteiger partial charge in [-0.3, -0.25) is 4.90 Å². The van der Waals surface area contributed by atoms with E-state index >= 15 is 0 Å². The van der Waals surface area contributed by atoms with Crippen LogP contribution < -0.4 is 0 Å². The molecule has 0 radical (unpaired) electrons. The second kappa shape index (κ2) is 5.08. The van der Waals surface area contributed by atoms with Crippen molar-refractivity contribution in [1.29, 1.82) is 0 Å². The van der Waals surface area contributed by atoms with Crippen LogP contribution in [0.5, 0.6) is 0 Å². The van der Waals surface area contributed by atoms with Gasteiger partial charge in [-0.25, -0.2) is 9.97 Å². The number of hydrogen-bond donors (Lipinski definition) is 0. The molecule has 1 aliphatic heterocycles. The van der Waals surface area contributed by atoms with Crippen LogP contribution in [0.3, 0.4) is 0 Å². The first kappa shape index (κ1) is 11.8. The van der Waals surface area contributed by atoms with Gasteiger partial charge in [0.25, 0.3) is 0 Å². The molecule has 4 nitrogen and oxygen atoms in total. The molecular formula is C11H17ClN4. The van der Waals surface area contributed by atoms with Crippen molar-refractivity contribution in [1.82, 2.24) is 19.8 Å². The Morgan fingerprint density at radius 3 is 2.94 bits per heavy atom. The van der Waals surface area contributed by atoms with Crippen LogP contribution in [-0.2, 0) is 0 Å². The second-order valence-corrected chi connectivity index (χ2v) is 4.74. The minimum atomic E-state index is 0.242. The molecule has 0 aromatic carbocycles. The minimum Gasteiger partial charge on any atom is -0.304 e. The van der Waals surface area contributed by atoms with Gasteiger partial charge < -0.3 is 4.90 Å². The highest BCUT2D eigenvalue weighted by molar-refractivity contribution is 6.29. The van der Waals surface area contributed by atoms with Crippen molar-refractivity contribution in [2.24, 2.45) is 0 Å². The van der Waals surface area contributed by atoms with Crippen molar-refractivity contribution in [3.05, 3.63) is 23.2 Å². The molecule has 1 aromatic heterocycles. The van der Waals surface area contributed by atoms with Crippen molar-refractivity contribution in [2.75, 3.05) is 33.7 Å². The molecule has 1 aliphatic rings. The van der Waals surface area contributed by atoms with Crippen LogP contribution in [-0.4, -0.2) is 53.5 Å². The number of likely N-dealkylation sites (N-methyl/N-ethyl adjacent to an activating group) is 2. The van der Waals surface area contributed by atoms with E-state index in [2.05, 4.69) is 33.9 Å². The lowest BCUT2D eigenvalue weighted by atomic mass is 10.2. The lowest BCUT2D eigenvalue weighted by molar-refractivity contribution is 0.219. The molecule has 0 saturated carbocycles. The molecule has 0 spiro atoms. The number of hydrogen-bond acceptors (Lipinski definition) is 4. The van der Waals surface area contributed by atoms with Crippen molar-refractivity contribution in [3.8, 4) is 0 Å². The third-order valence-electron chi connectivity index (χ3n) is 3.01. The molecule has 0 aliphatic carbocycles. The molecule has 0 amide bonds. The number of halogens is 1. The fourth-order valence-corrected chi connectivity index (χ4v) is 2.20. The number of aromatic nitrogens is 2. The molecule has 1 fully saturated rings. The molecular weight excluding hydrogens is 224 g/mol. The summed E-state index contributed by atoms with van der Waals surface area (Å²) in [6.45, 7) is 3.16. The summed E-state index contributed by atoms with van der Waals surface area (Å²) >= 11 is 5.91. The lowest BCUT2D eigenvalue weighted by Gasteiger charge is -2.25. The van der Waals surface area contributed by atoms with Gasteiger partial charge in [-0.1, -0.05) is 11.6 Å². The Morgan fingerprint density at radius 1 is 1.38 bits per heavy atom. The molecule has 1 atom stereocenters. The third-order valence-corrected chi connectivity index (χ3v) is 3.22. The summed E-state index contributed by atoms with van der Waals surface area (Å²) < 4.78 is 0. The average molecular weight is 241 g/mol. The highest BCUT2D eigenvalue weighted by Gasteiger charge is 2.24. The Hall–Kier alpha value is -0.710. The van der Waals surface area contributed by atoms with E-state index in [0.717, 1.165) is 25.5 Å². The van der Waals surface area contributed by atoms with Crippen molar-refractivity contribution in [2.45, 2.75) is 12.5 Å². The minimum absolute atomic E-state index is 0.242. The van der Waals surface area contributed by atoms with Crippen LogP contribution in [0.25, 0.3) is 0 Å². The van der Waals surface area contributed by atoms with E-state index in [1.165, 1.54) is 6.42 Å². The molecule has 1 aromatic rings. The summed E-state index contributed by atoms with van der Waals surface area (Å²) in [5, 5.41) is 0.519. The molecule has 0 N–H and O–H groups in total. The van der Waals surface area contributed by atoms with E-state index in [9.17, 15) is 0 Å². The Morgan fingerprint density at radius 2 is 2.19 bits per heavy atom. The van der Waals surface area contributed by atoms with Gasteiger partial charge >= 0.3 is 0 Å². The maximum atomic E-state index is 5.91. The van der Waals surface area contributed by atoms with Crippen LogP contribution >= 0.6 is 11.6 Å². The van der Waals surface area contributed by atoms with Gasteiger partial charge in [-0.05, 0) is 39.7 Å². The maximum absolute atomic E-state index is 5.91. The summed E-state index contributed by atoms with van der Waals surface area (Å²) in [6.07, 6.45) is 2.91. The second-order valence-electron chi connectivity index (χ2n) is 4.35. The first-order chi connectivity index (χ1) is 7.66. The van der Waals surface area contributed by atoms with Gasteiger partial charge in [0, 0.05) is 12.7 Å². The fraction of sp³-hybridized carbons (Fsp3) is 0.636. The summed E-state index contributed by atoms with van der Waals surface area (Å²) in [5.74, 6) is 0.823. The zero-order valence-electron chi connectivity index (χ0n) is 9.73.